The van der Waals surface area contributed by atoms with Gasteiger partial charge in [0.15, 0.2) is 0 Å². The molecule has 2 aromatic rings. The SMILES string of the molecule is Cc1cc[nH]c1C(=O)Nc1ccc(N2CCOCC2)cc1N1CCOCC1. The fraction of sp³-hybridized carbons (Fsp3) is 0.450. The Labute approximate surface area is 159 Å². The second-order valence-corrected chi connectivity index (χ2v) is 6.89. The van der Waals surface area contributed by atoms with Gasteiger partial charge in [-0.05, 0) is 36.8 Å². The Morgan fingerprint density at radius 3 is 2.30 bits per heavy atom. The molecule has 0 saturated carbocycles. The van der Waals surface area contributed by atoms with Crippen LogP contribution in [0.15, 0.2) is 30.5 Å². The molecule has 0 bridgehead atoms. The van der Waals surface area contributed by atoms with Crippen LogP contribution in [-0.4, -0.2) is 63.5 Å². The van der Waals surface area contributed by atoms with E-state index in [0.717, 1.165) is 62.0 Å². The summed E-state index contributed by atoms with van der Waals surface area (Å²) in [7, 11) is 0. The number of carbonyl (C=O) groups excluding carboxylic acids is 1. The van der Waals surface area contributed by atoms with Gasteiger partial charge >= 0.3 is 0 Å². The smallest absolute Gasteiger partial charge is 0.272 e. The van der Waals surface area contributed by atoms with Crippen LogP contribution in [0.5, 0.6) is 0 Å². The Bertz CT molecular complexity index is 792. The van der Waals surface area contributed by atoms with Gasteiger partial charge in [-0.15, -0.1) is 0 Å². The summed E-state index contributed by atoms with van der Waals surface area (Å²) in [5, 5.41) is 3.09. The molecule has 7 heteroatoms. The summed E-state index contributed by atoms with van der Waals surface area (Å²) in [5.41, 5.74) is 4.56. The summed E-state index contributed by atoms with van der Waals surface area (Å²) < 4.78 is 11.0. The Hall–Kier alpha value is -2.51. The van der Waals surface area contributed by atoms with E-state index in [-0.39, 0.29) is 5.91 Å². The Balaban J connectivity index is 1.62. The van der Waals surface area contributed by atoms with Crippen LogP contribution in [-0.2, 0) is 9.47 Å². The van der Waals surface area contributed by atoms with Gasteiger partial charge in [-0.25, -0.2) is 0 Å². The molecule has 0 unspecified atom stereocenters. The first-order valence-electron chi connectivity index (χ1n) is 9.47. The van der Waals surface area contributed by atoms with Gasteiger partial charge in [-0.1, -0.05) is 0 Å². The van der Waals surface area contributed by atoms with Crippen molar-refractivity contribution in [2.24, 2.45) is 0 Å². The van der Waals surface area contributed by atoms with Gasteiger partial charge < -0.3 is 29.6 Å². The number of rotatable bonds is 4. The third kappa shape index (κ3) is 3.94. The Kier molecular flexibility index (Phi) is 5.31. The van der Waals surface area contributed by atoms with E-state index in [9.17, 15) is 4.79 Å². The van der Waals surface area contributed by atoms with E-state index < -0.39 is 0 Å². The summed E-state index contributed by atoms with van der Waals surface area (Å²) in [6.45, 7) is 8.22. The third-order valence-corrected chi connectivity index (χ3v) is 5.14. The van der Waals surface area contributed by atoms with E-state index in [1.807, 2.05) is 19.1 Å². The Morgan fingerprint density at radius 1 is 1.00 bits per heavy atom. The first-order valence-corrected chi connectivity index (χ1v) is 9.47. The second kappa shape index (κ2) is 8.02. The maximum atomic E-state index is 12.7. The number of amides is 1. The zero-order valence-electron chi connectivity index (χ0n) is 15.7. The molecule has 144 valence electrons. The molecule has 0 atom stereocenters. The monoisotopic (exact) mass is 370 g/mol. The fourth-order valence-electron chi connectivity index (χ4n) is 3.59. The minimum Gasteiger partial charge on any atom is -0.378 e. The lowest BCUT2D eigenvalue weighted by atomic mass is 10.1. The number of nitrogens with one attached hydrogen (secondary N) is 2. The average Bonchev–Trinajstić information content (AvgIpc) is 3.16. The van der Waals surface area contributed by atoms with Crippen molar-refractivity contribution in [1.82, 2.24) is 4.98 Å². The predicted molar refractivity (Wildman–Crippen MR) is 106 cm³/mol. The minimum absolute atomic E-state index is 0.119. The summed E-state index contributed by atoms with van der Waals surface area (Å²) >= 11 is 0. The minimum atomic E-state index is -0.119. The van der Waals surface area contributed by atoms with E-state index in [0.29, 0.717) is 18.9 Å². The number of morpholine rings is 2. The standard InChI is InChI=1S/C20H26N4O3/c1-15-4-5-21-19(15)20(25)22-17-3-2-16(23-6-10-26-11-7-23)14-18(17)24-8-12-27-13-9-24/h2-5,14,21H,6-13H2,1H3,(H,22,25). The lowest BCUT2D eigenvalue weighted by molar-refractivity contribution is 0.102. The number of aryl methyl sites for hydroxylation is 1. The number of benzene rings is 1. The van der Waals surface area contributed by atoms with E-state index in [2.05, 4.69) is 32.2 Å². The number of anilines is 3. The highest BCUT2D eigenvalue weighted by atomic mass is 16.5. The summed E-state index contributed by atoms with van der Waals surface area (Å²) in [5.74, 6) is -0.119. The van der Waals surface area contributed by atoms with E-state index in [1.165, 1.54) is 0 Å². The van der Waals surface area contributed by atoms with E-state index in [1.54, 1.807) is 6.20 Å². The van der Waals surface area contributed by atoms with Crippen LogP contribution in [0.4, 0.5) is 17.1 Å². The molecule has 2 aliphatic rings. The van der Waals surface area contributed by atoms with Crippen molar-refractivity contribution in [2.75, 3.05) is 67.7 Å². The van der Waals surface area contributed by atoms with Gasteiger partial charge in [0.1, 0.15) is 5.69 Å². The van der Waals surface area contributed by atoms with Crippen molar-refractivity contribution >= 4 is 23.0 Å². The normalized spacial score (nSPS) is 17.8. The van der Waals surface area contributed by atoms with E-state index >= 15 is 0 Å². The van der Waals surface area contributed by atoms with Gasteiger partial charge in [-0.3, -0.25) is 4.79 Å². The van der Waals surface area contributed by atoms with Crippen LogP contribution in [0, 0.1) is 6.92 Å². The lowest BCUT2D eigenvalue weighted by Gasteiger charge is -2.33. The van der Waals surface area contributed by atoms with Crippen molar-refractivity contribution in [1.29, 1.82) is 0 Å². The van der Waals surface area contributed by atoms with Crippen LogP contribution in [0.1, 0.15) is 16.1 Å². The third-order valence-electron chi connectivity index (χ3n) is 5.14. The van der Waals surface area contributed by atoms with E-state index in [4.69, 9.17) is 9.47 Å². The molecule has 4 rings (SSSR count). The first-order chi connectivity index (χ1) is 13.2. The highest BCUT2D eigenvalue weighted by Crippen LogP contribution is 2.32. The molecular weight excluding hydrogens is 344 g/mol. The molecule has 0 radical (unpaired) electrons. The maximum absolute atomic E-state index is 12.7. The highest BCUT2D eigenvalue weighted by molar-refractivity contribution is 6.05. The van der Waals surface area contributed by atoms with Crippen molar-refractivity contribution in [2.45, 2.75) is 6.92 Å². The van der Waals surface area contributed by atoms with Crippen molar-refractivity contribution in [3.63, 3.8) is 0 Å². The number of aromatic amines is 1. The predicted octanol–water partition coefficient (Wildman–Crippen LogP) is 2.25. The molecule has 1 aromatic carbocycles. The van der Waals surface area contributed by atoms with Gasteiger partial charge in [0, 0.05) is 38.1 Å². The summed E-state index contributed by atoms with van der Waals surface area (Å²) in [6, 6.07) is 8.16. The van der Waals surface area contributed by atoms with Crippen LogP contribution in [0.3, 0.4) is 0 Å². The zero-order valence-corrected chi connectivity index (χ0v) is 15.7. The number of nitrogens with zero attached hydrogens (tertiary/aromatic N) is 2. The largest absolute Gasteiger partial charge is 0.378 e. The number of ether oxygens (including phenoxy) is 2. The molecule has 2 aliphatic heterocycles. The highest BCUT2D eigenvalue weighted by Gasteiger charge is 2.20. The second-order valence-electron chi connectivity index (χ2n) is 6.89. The molecule has 0 spiro atoms. The average molecular weight is 370 g/mol. The number of hydrogen-bond donors (Lipinski definition) is 2. The van der Waals surface area contributed by atoms with Gasteiger partial charge in [0.05, 0.1) is 37.8 Å². The molecule has 3 heterocycles. The van der Waals surface area contributed by atoms with Crippen LogP contribution >= 0.6 is 0 Å². The molecule has 2 fully saturated rings. The quantitative estimate of drug-likeness (QED) is 0.864. The van der Waals surface area contributed by atoms with Crippen molar-refractivity contribution in [3.05, 3.63) is 41.7 Å². The summed E-state index contributed by atoms with van der Waals surface area (Å²) in [4.78, 5) is 20.3. The number of H-pyrrole nitrogens is 1. The van der Waals surface area contributed by atoms with Gasteiger partial charge in [0.25, 0.3) is 5.91 Å². The number of hydrogen-bond acceptors (Lipinski definition) is 5. The lowest BCUT2D eigenvalue weighted by Crippen LogP contribution is -2.38. The molecule has 0 aliphatic carbocycles. The maximum Gasteiger partial charge on any atom is 0.272 e. The van der Waals surface area contributed by atoms with Gasteiger partial charge in [-0.2, -0.15) is 0 Å². The fourth-order valence-corrected chi connectivity index (χ4v) is 3.59. The molecule has 1 aromatic heterocycles. The van der Waals surface area contributed by atoms with Gasteiger partial charge in [0.2, 0.25) is 0 Å². The van der Waals surface area contributed by atoms with Crippen LogP contribution in [0.2, 0.25) is 0 Å². The summed E-state index contributed by atoms with van der Waals surface area (Å²) in [6.07, 6.45) is 1.79. The number of aromatic nitrogens is 1. The molecule has 27 heavy (non-hydrogen) atoms. The molecule has 2 N–H and O–H groups in total. The van der Waals surface area contributed by atoms with Crippen LogP contribution in [0.25, 0.3) is 0 Å². The zero-order chi connectivity index (χ0) is 18.6. The topological polar surface area (TPSA) is 69.8 Å². The van der Waals surface area contributed by atoms with Crippen molar-refractivity contribution in [3.8, 4) is 0 Å². The first kappa shape index (κ1) is 17.9. The number of carbonyl (C=O) groups is 1. The molecule has 7 nitrogen and oxygen atoms in total. The van der Waals surface area contributed by atoms with Crippen LogP contribution < -0.4 is 15.1 Å². The van der Waals surface area contributed by atoms with Crippen molar-refractivity contribution < 1.29 is 14.3 Å². The molecule has 1 amide bonds. The molecular formula is C20H26N4O3. The Morgan fingerprint density at radius 2 is 1.67 bits per heavy atom. The molecule has 2 saturated heterocycles.